The minimum absolute atomic E-state index is 0.142. The summed E-state index contributed by atoms with van der Waals surface area (Å²) in [5.41, 5.74) is 1.66. The number of anilines is 1. The van der Waals surface area contributed by atoms with Crippen LogP contribution in [0.25, 0.3) is 21.7 Å². The number of amides is 1. The molecule has 2 aromatic carbocycles. The fourth-order valence-electron chi connectivity index (χ4n) is 4.53. The summed E-state index contributed by atoms with van der Waals surface area (Å²) in [5.74, 6) is 2.12. The first-order valence-corrected chi connectivity index (χ1v) is 12.2. The Kier molecular flexibility index (Phi) is 7.81. The molecule has 4 rings (SSSR count). The quantitative estimate of drug-likeness (QED) is 0.267. The summed E-state index contributed by atoms with van der Waals surface area (Å²) in [6.45, 7) is 4.79. The SMILES string of the molecule is COc1ccc(CNc2nccc3c2c(=O)n(C)c2cc(OCC(C)CC(C)NC(=O)O)ccc32)cc1. The van der Waals surface area contributed by atoms with E-state index in [4.69, 9.17) is 14.6 Å². The highest BCUT2D eigenvalue weighted by Crippen LogP contribution is 2.29. The number of benzene rings is 2. The Labute approximate surface area is 215 Å². The molecule has 0 aliphatic rings. The monoisotopic (exact) mass is 504 g/mol. The highest BCUT2D eigenvalue weighted by molar-refractivity contribution is 6.09. The van der Waals surface area contributed by atoms with Gasteiger partial charge in [-0.15, -0.1) is 0 Å². The van der Waals surface area contributed by atoms with Crippen LogP contribution in [0, 0.1) is 5.92 Å². The number of nitrogens with one attached hydrogen (secondary N) is 2. The zero-order valence-corrected chi connectivity index (χ0v) is 21.4. The summed E-state index contributed by atoms with van der Waals surface area (Å²) in [4.78, 5) is 28.7. The number of rotatable bonds is 10. The summed E-state index contributed by atoms with van der Waals surface area (Å²) in [5, 5.41) is 16.9. The van der Waals surface area contributed by atoms with Crippen LogP contribution < -0.4 is 25.7 Å². The second-order valence-corrected chi connectivity index (χ2v) is 9.33. The highest BCUT2D eigenvalue weighted by Gasteiger charge is 2.15. The van der Waals surface area contributed by atoms with Gasteiger partial charge in [-0.2, -0.15) is 0 Å². The van der Waals surface area contributed by atoms with E-state index in [1.807, 2.05) is 62.4 Å². The molecule has 37 heavy (non-hydrogen) atoms. The third-order valence-electron chi connectivity index (χ3n) is 6.37. The summed E-state index contributed by atoms with van der Waals surface area (Å²) in [7, 11) is 3.38. The fourth-order valence-corrected chi connectivity index (χ4v) is 4.53. The molecular formula is C28H32N4O5. The van der Waals surface area contributed by atoms with Crippen LogP contribution in [-0.2, 0) is 13.6 Å². The van der Waals surface area contributed by atoms with Crippen LogP contribution in [0.5, 0.6) is 11.5 Å². The number of methoxy groups -OCH3 is 1. The van der Waals surface area contributed by atoms with Gasteiger partial charge in [0.25, 0.3) is 5.56 Å². The molecule has 9 heteroatoms. The average molecular weight is 505 g/mol. The zero-order chi connectivity index (χ0) is 26.5. The van der Waals surface area contributed by atoms with Crippen molar-refractivity contribution < 1.29 is 19.4 Å². The first-order valence-electron chi connectivity index (χ1n) is 12.2. The molecule has 0 aliphatic carbocycles. The van der Waals surface area contributed by atoms with Gasteiger partial charge in [0.05, 0.1) is 24.6 Å². The van der Waals surface area contributed by atoms with Crippen LogP contribution >= 0.6 is 0 Å². The van der Waals surface area contributed by atoms with Crippen LogP contribution in [0.15, 0.2) is 59.5 Å². The smallest absolute Gasteiger partial charge is 0.404 e. The predicted octanol–water partition coefficient (Wildman–Crippen LogP) is 4.77. The van der Waals surface area contributed by atoms with Gasteiger partial charge in [0.1, 0.15) is 17.3 Å². The van der Waals surface area contributed by atoms with E-state index in [9.17, 15) is 9.59 Å². The van der Waals surface area contributed by atoms with Crippen molar-refractivity contribution in [3.63, 3.8) is 0 Å². The van der Waals surface area contributed by atoms with Crippen molar-refractivity contribution in [1.82, 2.24) is 14.9 Å². The largest absolute Gasteiger partial charge is 0.497 e. The Hall–Kier alpha value is -4.27. The Morgan fingerprint density at radius 1 is 1.08 bits per heavy atom. The van der Waals surface area contributed by atoms with Gasteiger partial charge in [-0.1, -0.05) is 19.1 Å². The van der Waals surface area contributed by atoms with E-state index in [-0.39, 0.29) is 17.5 Å². The van der Waals surface area contributed by atoms with Gasteiger partial charge in [0, 0.05) is 42.7 Å². The number of nitrogens with zero attached hydrogens (tertiary/aromatic N) is 2. The van der Waals surface area contributed by atoms with E-state index in [0.29, 0.717) is 36.5 Å². The third-order valence-corrected chi connectivity index (χ3v) is 6.37. The first kappa shape index (κ1) is 25.8. The Bertz CT molecular complexity index is 1470. The van der Waals surface area contributed by atoms with Gasteiger partial charge >= 0.3 is 6.09 Å². The van der Waals surface area contributed by atoms with Crippen molar-refractivity contribution in [1.29, 1.82) is 0 Å². The number of aryl methyl sites for hydroxylation is 1. The summed E-state index contributed by atoms with van der Waals surface area (Å²) in [6, 6.07) is 15.1. The summed E-state index contributed by atoms with van der Waals surface area (Å²) in [6.07, 6.45) is 1.33. The van der Waals surface area contributed by atoms with Crippen LogP contribution in [0.4, 0.5) is 10.6 Å². The predicted molar refractivity (Wildman–Crippen MR) is 145 cm³/mol. The Morgan fingerprint density at radius 3 is 2.51 bits per heavy atom. The molecule has 0 aliphatic heterocycles. The second-order valence-electron chi connectivity index (χ2n) is 9.33. The molecule has 9 nitrogen and oxygen atoms in total. The van der Waals surface area contributed by atoms with E-state index < -0.39 is 6.09 Å². The average Bonchev–Trinajstić information content (AvgIpc) is 2.88. The Morgan fingerprint density at radius 2 is 1.81 bits per heavy atom. The minimum atomic E-state index is -1.03. The second kappa shape index (κ2) is 11.2. The summed E-state index contributed by atoms with van der Waals surface area (Å²) >= 11 is 0. The molecule has 3 N–H and O–H groups in total. The lowest BCUT2D eigenvalue weighted by atomic mass is 10.0. The highest BCUT2D eigenvalue weighted by atomic mass is 16.5. The Balaban J connectivity index is 1.57. The standard InChI is InChI=1S/C28H32N4O5/c1-17(13-18(2)31-28(34)35)16-37-21-9-10-22-23-11-12-29-26(25(23)27(33)32(3)24(22)14-21)30-15-19-5-7-20(36-4)8-6-19/h5-12,14,17-18,31H,13,15-16H2,1-4H3,(H,29,30)(H,34,35). The lowest BCUT2D eigenvalue weighted by molar-refractivity contribution is 0.185. The van der Waals surface area contributed by atoms with Gasteiger partial charge < -0.3 is 29.8 Å². The molecule has 0 saturated heterocycles. The van der Waals surface area contributed by atoms with E-state index in [0.717, 1.165) is 27.6 Å². The van der Waals surface area contributed by atoms with E-state index >= 15 is 0 Å². The molecule has 2 aromatic heterocycles. The third kappa shape index (κ3) is 5.94. The topological polar surface area (TPSA) is 115 Å². The lowest BCUT2D eigenvalue weighted by Crippen LogP contribution is -2.33. The maximum Gasteiger partial charge on any atom is 0.404 e. The van der Waals surface area contributed by atoms with Crippen molar-refractivity contribution in [3.8, 4) is 11.5 Å². The van der Waals surface area contributed by atoms with Gasteiger partial charge in [-0.05, 0) is 55.2 Å². The normalized spacial score (nSPS) is 12.8. The molecule has 0 spiro atoms. The van der Waals surface area contributed by atoms with Gasteiger partial charge in [-0.3, -0.25) is 4.79 Å². The van der Waals surface area contributed by atoms with Gasteiger partial charge in [0.2, 0.25) is 0 Å². The molecule has 0 bridgehead atoms. The number of aromatic nitrogens is 2. The van der Waals surface area contributed by atoms with Crippen LogP contribution in [0.3, 0.4) is 0 Å². The van der Waals surface area contributed by atoms with E-state index in [1.54, 1.807) is 24.9 Å². The minimum Gasteiger partial charge on any atom is -0.497 e. The van der Waals surface area contributed by atoms with Crippen molar-refractivity contribution in [3.05, 3.63) is 70.6 Å². The zero-order valence-electron chi connectivity index (χ0n) is 21.4. The summed E-state index contributed by atoms with van der Waals surface area (Å²) < 4.78 is 12.8. The van der Waals surface area contributed by atoms with Crippen molar-refractivity contribution in [2.24, 2.45) is 13.0 Å². The molecular weight excluding hydrogens is 472 g/mol. The molecule has 2 unspecified atom stereocenters. The molecule has 0 saturated carbocycles. The number of carboxylic acid groups (broad SMARTS) is 1. The number of carbonyl (C=O) groups is 1. The molecule has 2 heterocycles. The van der Waals surface area contributed by atoms with Gasteiger partial charge in [-0.25, -0.2) is 9.78 Å². The molecule has 4 aromatic rings. The number of hydrogen-bond acceptors (Lipinski definition) is 6. The molecule has 1 amide bonds. The molecule has 2 atom stereocenters. The maximum atomic E-state index is 13.4. The molecule has 194 valence electrons. The van der Waals surface area contributed by atoms with Crippen molar-refractivity contribution >= 4 is 33.6 Å². The van der Waals surface area contributed by atoms with Crippen LogP contribution in [0.1, 0.15) is 25.8 Å². The number of fused-ring (bicyclic) bond motifs is 3. The van der Waals surface area contributed by atoms with Crippen LogP contribution in [-0.4, -0.2) is 40.5 Å². The maximum absolute atomic E-state index is 13.4. The van der Waals surface area contributed by atoms with Crippen LogP contribution in [0.2, 0.25) is 0 Å². The van der Waals surface area contributed by atoms with Crippen molar-refractivity contribution in [2.75, 3.05) is 19.0 Å². The number of pyridine rings is 2. The van der Waals surface area contributed by atoms with E-state index in [1.165, 1.54) is 0 Å². The van der Waals surface area contributed by atoms with Gasteiger partial charge in [0.15, 0.2) is 0 Å². The fraction of sp³-hybridized carbons (Fsp3) is 0.321. The van der Waals surface area contributed by atoms with Crippen molar-refractivity contribution in [2.45, 2.75) is 32.9 Å². The number of hydrogen-bond donors (Lipinski definition) is 3. The first-order chi connectivity index (χ1) is 17.8. The lowest BCUT2D eigenvalue weighted by Gasteiger charge is -2.18. The number of ether oxygens (including phenoxy) is 2. The molecule has 0 fully saturated rings. The molecule has 0 radical (unpaired) electrons. The van der Waals surface area contributed by atoms with E-state index in [2.05, 4.69) is 15.6 Å².